The first kappa shape index (κ1) is 25.7. The van der Waals surface area contributed by atoms with E-state index in [-0.39, 0.29) is 0 Å². The van der Waals surface area contributed by atoms with Gasteiger partial charge in [-0.1, -0.05) is 0 Å². The molecule has 2 aliphatic heterocycles. The Morgan fingerprint density at radius 1 is 0.892 bits per heavy atom. The van der Waals surface area contributed by atoms with E-state index in [1.165, 1.54) is 5.56 Å². The van der Waals surface area contributed by atoms with Crippen LogP contribution in [-0.2, 0) is 22.4 Å². The molecular formula is C27H37N5O5. The Balaban J connectivity index is 1.35. The van der Waals surface area contributed by atoms with Gasteiger partial charge in [0.1, 0.15) is 12.4 Å². The molecule has 0 N–H and O–H groups in total. The van der Waals surface area contributed by atoms with Crippen LogP contribution in [0.1, 0.15) is 29.7 Å². The Morgan fingerprint density at radius 2 is 1.62 bits per heavy atom. The summed E-state index contributed by atoms with van der Waals surface area (Å²) in [6.45, 7) is 8.21. The molecule has 2 saturated heterocycles. The summed E-state index contributed by atoms with van der Waals surface area (Å²) < 4.78 is 28.1. The van der Waals surface area contributed by atoms with Gasteiger partial charge >= 0.3 is 6.01 Å². The molecular weight excluding hydrogens is 474 g/mol. The highest BCUT2D eigenvalue weighted by Gasteiger charge is 2.20. The second-order valence-corrected chi connectivity index (χ2v) is 9.38. The quantitative estimate of drug-likeness (QED) is 0.503. The van der Waals surface area contributed by atoms with Gasteiger partial charge in [0.05, 0.1) is 52.9 Å². The zero-order chi connectivity index (χ0) is 25.5. The molecule has 37 heavy (non-hydrogen) atoms. The number of aliphatic imine (C=N–C) groups is 1. The highest BCUT2D eigenvalue weighted by molar-refractivity contribution is 6.03. The minimum absolute atomic E-state index is 0.405. The third-order valence-electron chi connectivity index (χ3n) is 7.03. The van der Waals surface area contributed by atoms with E-state index >= 15 is 0 Å². The first-order valence-electron chi connectivity index (χ1n) is 13.2. The van der Waals surface area contributed by atoms with Crippen molar-refractivity contribution in [3.05, 3.63) is 35.0 Å². The third kappa shape index (κ3) is 6.49. The van der Waals surface area contributed by atoms with Crippen LogP contribution in [0.5, 0.6) is 17.5 Å². The van der Waals surface area contributed by atoms with Crippen molar-refractivity contribution < 1.29 is 23.7 Å². The number of morpholine rings is 2. The maximum absolute atomic E-state index is 6.04. The Bertz CT molecular complexity index is 1080. The van der Waals surface area contributed by atoms with Crippen LogP contribution in [0, 0.1) is 0 Å². The van der Waals surface area contributed by atoms with Gasteiger partial charge in [-0.25, -0.2) is 0 Å². The van der Waals surface area contributed by atoms with Crippen molar-refractivity contribution in [2.45, 2.75) is 25.8 Å². The van der Waals surface area contributed by atoms with Crippen LogP contribution in [0.2, 0.25) is 0 Å². The van der Waals surface area contributed by atoms with Crippen LogP contribution in [0.4, 0.5) is 5.82 Å². The van der Waals surface area contributed by atoms with Gasteiger partial charge in [-0.05, 0) is 37.0 Å². The van der Waals surface area contributed by atoms with Crippen LogP contribution in [0.15, 0.2) is 23.2 Å². The zero-order valence-corrected chi connectivity index (χ0v) is 21.9. The van der Waals surface area contributed by atoms with E-state index in [0.29, 0.717) is 32.4 Å². The first-order chi connectivity index (χ1) is 18.2. The SMILES string of the molecule is COc1cc2c(cc1OC)C(=NCc1cc(N3CCOCC3)nc(OCCN3CCOCC3)n1)CCC2. The number of fused-ring (bicyclic) bond motifs is 1. The number of aryl methyl sites for hydroxylation is 1. The molecule has 0 radical (unpaired) electrons. The summed E-state index contributed by atoms with van der Waals surface area (Å²) in [5.41, 5.74) is 4.29. The fourth-order valence-electron chi connectivity index (χ4n) is 4.97. The van der Waals surface area contributed by atoms with E-state index in [1.54, 1.807) is 14.2 Å². The number of hydrogen-bond acceptors (Lipinski definition) is 10. The molecule has 2 fully saturated rings. The molecule has 10 nitrogen and oxygen atoms in total. The van der Waals surface area contributed by atoms with Crippen molar-refractivity contribution in [3.8, 4) is 17.5 Å². The highest BCUT2D eigenvalue weighted by Crippen LogP contribution is 2.34. The van der Waals surface area contributed by atoms with Crippen LogP contribution >= 0.6 is 0 Å². The fourth-order valence-corrected chi connectivity index (χ4v) is 4.97. The van der Waals surface area contributed by atoms with Gasteiger partial charge in [0.15, 0.2) is 11.5 Å². The zero-order valence-electron chi connectivity index (χ0n) is 21.9. The summed E-state index contributed by atoms with van der Waals surface area (Å²) in [5, 5.41) is 0. The minimum atomic E-state index is 0.405. The van der Waals surface area contributed by atoms with E-state index in [2.05, 4.69) is 15.9 Å². The van der Waals surface area contributed by atoms with Gasteiger partial charge in [-0.3, -0.25) is 9.89 Å². The molecule has 0 spiro atoms. The molecule has 2 aromatic rings. The Labute approximate surface area is 218 Å². The number of hydrogen-bond donors (Lipinski definition) is 0. The van der Waals surface area contributed by atoms with Crippen LogP contribution in [0.25, 0.3) is 0 Å². The molecule has 1 aromatic carbocycles. The summed E-state index contributed by atoms with van der Waals surface area (Å²) in [6.07, 6.45) is 2.98. The molecule has 1 aliphatic carbocycles. The summed E-state index contributed by atoms with van der Waals surface area (Å²) in [7, 11) is 3.34. The molecule has 0 bridgehead atoms. The van der Waals surface area contributed by atoms with Crippen molar-refractivity contribution >= 4 is 11.5 Å². The van der Waals surface area contributed by atoms with Crippen LogP contribution in [0.3, 0.4) is 0 Å². The second-order valence-electron chi connectivity index (χ2n) is 9.38. The maximum atomic E-state index is 6.04. The average molecular weight is 512 g/mol. The molecule has 0 amide bonds. The van der Waals surface area contributed by atoms with E-state index in [0.717, 1.165) is 99.5 Å². The number of methoxy groups -OCH3 is 2. The largest absolute Gasteiger partial charge is 0.493 e. The predicted octanol–water partition coefficient (Wildman–Crippen LogP) is 2.37. The van der Waals surface area contributed by atoms with Gasteiger partial charge in [0, 0.05) is 50.1 Å². The van der Waals surface area contributed by atoms with Gasteiger partial charge in [-0.2, -0.15) is 9.97 Å². The number of aromatic nitrogens is 2. The molecule has 3 heterocycles. The van der Waals surface area contributed by atoms with Crippen LogP contribution in [-0.4, -0.2) is 101 Å². The van der Waals surface area contributed by atoms with E-state index in [4.69, 9.17) is 38.6 Å². The summed E-state index contributed by atoms with van der Waals surface area (Å²) >= 11 is 0. The number of benzene rings is 1. The predicted molar refractivity (Wildman–Crippen MR) is 141 cm³/mol. The fraction of sp³-hybridized carbons (Fsp3) is 0.593. The Morgan fingerprint density at radius 3 is 2.38 bits per heavy atom. The lowest BCUT2D eigenvalue weighted by Gasteiger charge is -2.28. The number of anilines is 1. The normalized spacial score (nSPS) is 19.5. The first-order valence-corrected chi connectivity index (χ1v) is 13.2. The van der Waals surface area contributed by atoms with Gasteiger partial charge in [0.2, 0.25) is 0 Å². The molecule has 200 valence electrons. The van der Waals surface area contributed by atoms with Crippen LogP contribution < -0.4 is 19.1 Å². The standard InChI is InChI=1S/C27H37N5O5/c1-33-24-16-20-4-3-5-23(22(20)18-25(24)34-2)28-19-21-17-26(32-9-13-36-14-10-32)30-27(29-21)37-15-8-31-6-11-35-12-7-31/h16-18H,3-15,19H2,1-2H3. The molecule has 0 unspecified atom stereocenters. The summed E-state index contributed by atoms with van der Waals surface area (Å²) in [6, 6.07) is 6.56. The molecule has 0 saturated carbocycles. The summed E-state index contributed by atoms with van der Waals surface area (Å²) in [5.74, 6) is 2.35. The summed E-state index contributed by atoms with van der Waals surface area (Å²) in [4.78, 5) is 19.0. The second kappa shape index (κ2) is 12.5. The number of rotatable bonds is 9. The average Bonchev–Trinajstić information content (AvgIpc) is 2.96. The molecule has 5 rings (SSSR count). The lowest BCUT2D eigenvalue weighted by atomic mass is 9.89. The monoisotopic (exact) mass is 511 g/mol. The smallest absolute Gasteiger partial charge is 0.318 e. The number of nitrogens with zero attached hydrogens (tertiary/aromatic N) is 5. The van der Waals surface area contributed by atoms with Crippen molar-refractivity contribution in [1.82, 2.24) is 14.9 Å². The third-order valence-corrected chi connectivity index (χ3v) is 7.03. The van der Waals surface area contributed by atoms with Gasteiger partial charge in [-0.15, -0.1) is 0 Å². The molecule has 1 aromatic heterocycles. The topological polar surface area (TPSA) is 90.8 Å². The minimum Gasteiger partial charge on any atom is -0.493 e. The van der Waals surface area contributed by atoms with E-state index < -0.39 is 0 Å². The van der Waals surface area contributed by atoms with Crippen molar-refractivity contribution in [2.75, 3.05) is 84.9 Å². The van der Waals surface area contributed by atoms with E-state index in [1.807, 2.05) is 12.1 Å². The van der Waals surface area contributed by atoms with Crippen molar-refractivity contribution in [3.63, 3.8) is 0 Å². The molecule has 0 atom stereocenters. The van der Waals surface area contributed by atoms with Gasteiger partial charge < -0.3 is 28.6 Å². The lowest BCUT2D eigenvalue weighted by molar-refractivity contribution is 0.0317. The van der Waals surface area contributed by atoms with Crippen molar-refractivity contribution in [1.29, 1.82) is 0 Å². The van der Waals surface area contributed by atoms with E-state index in [9.17, 15) is 0 Å². The molecule has 10 heteroatoms. The maximum Gasteiger partial charge on any atom is 0.318 e. The van der Waals surface area contributed by atoms with Gasteiger partial charge in [0.25, 0.3) is 0 Å². The Hall–Kier alpha value is -2.95. The highest BCUT2D eigenvalue weighted by atomic mass is 16.5. The molecule has 3 aliphatic rings. The van der Waals surface area contributed by atoms with Crippen molar-refractivity contribution in [2.24, 2.45) is 4.99 Å². The Kier molecular flexibility index (Phi) is 8.70. The lowest BCUT2D eigenvalue weighted by Crippen LogP contribution is -2.39. The number of ether oxygens (including phenoxy) is 5.